The standard InChI is InChI=1S/C14H24N4O2/c1-10(2)18-6-7-19-12(9-18)13-16-14(20-17-13)11-4-3-5-15-8-11/h10-12,15H,3-9H2,1-2H3/t11-,12?/m0/s1. The van der Waals surface area contributed by atoms with Crippen molar-refractivity contribution < 1.29 is 9.26 Å². The van der Waals surface area contributed by atoms with E-state index in [0.29, 0.717) is 17.8 Å². The van der Waals surface area contributed by atoms with Crippen LogP contribution in [0.2, 0.25) is 0 Å². The highest BCUT2D eigenvalue weighted by Crippen LogP contribution is 2.25. The summed E-state index contributed by atoms with van der Waals surface area (Å²) in [6, 6.07) is 0.523. The lowest BCUT2D eigenvalue weighted by molar-refractivity contribution is -0.0450. The molecule has 2 atom stereocenters. The molecule has 0 bridgehead atoms. The van der Waals surface area contributed by atoms with Gasteiger partial charge in [0.05, 0.1) is 12.5 Å². The molecule has 112 valence electrons. The Kier molecular flexibility index (Phi) is 4.33. The number of ether oxygens (including phenoxy) is 1. The van der Waals surface area contributed by atoms with Gasteiger partial charge in [0.15, 0.2) is 0 Å². The summed E-state index contributed by atoms with van der Waals surface area (Å²) < 4.78 is 11.3. The number of nitrogens with zero attached hydrogens (tertiary/aromatic N) is 3. The van der Waals surface area contributed by atoms with Crippen molar-refractivity contribution in [1.82, 2.24) is 20.4 Å². The lowest BCUT2D eigenvalue weighted by Gasteiger charge is -2.34. The zero-order chi connectivity index (χ0) is 13.9. The van der Waals surface area contributed by atoms with E-state index in [1.54, 1.807) is 0 Å². The Morgan fingerprint density at radius 3 is 3.05 bits per heavy atom. The van der Waals surface area contributed by atoms with Crippen LogP contribution in [0, 0.1) is 0 Å². The van der Waals surface area contributed by atoms with Crippen LogP contribution in [0.3, 0.4) is 0 Å². The number of nitrogens with one attached hydrogen (secondary N) is 1. The minimum Gasteiger partial charge on any atom is -0.367 e. The largest absolute Gasteiger partial charge is 0.367 e. The van der Waals surface area contributed by atoms with E-state index in [4.69, 9.17) is 9.26 Å². The summed E-state index contributed by atoms with van der Waals surface area (Å²) in [7, 11) is 0. The number of morpholine rings is 1. The molecule has 1 N–H and O–H groups in total. The number of rotatable bonds is 3. The minimum atomic E-state index is -0.0554. The second kappa shape index (κ2) is 6.20. The highest BCUT2D eigenvalue weighted by atomic mass is 16.5. The summed E-state index contributed by atoms with van der Waals surface area (Å²) in [6.45, 7) is 9.00. The molecule has 0 saturated carbocycles. The topological polar surface area (TPSA) is 63.4 Å². The molecule has 0 aromatic carbocycles. The predicted octanol–water partition coefficient (Wildman–Crippen LogP) is 1.32. The molecule has 2 fully saturated rings. The Morgan fingerprint density at radius 2 is 2.30 bits per heavy atom. The SMILES string of the molecule is CC(C)N1CCOC(c2noc([C@H]3CCCNC3)n2)C1. The molecule has 1 aromatic heterocycles. The first-order chi connectivity index (χ1) is 9.74. The van der Waals surface area contributed by atoms with Crippen molar-refractivity contribution in [2.75, 3.05) is 32.8 Å². The van der Waals surface area contributed by atoms with E-state index in [-0.39, 0.29) is 6.10 Å². The molecule has 0 spiro atoms. The third-order valence-electron chi connectivity index (χ3n) is 4.22. The first-order valence-corrected chi connectivity index (χ1v) is 7.64. The van der Waals surface area contributed by atoms with Gasteiger partial charge >= 0.3 is 0 Å². The van der Waals surface area contributed by atoms with E-state index in [1.165, 1.54) is 6.42 Å². The summed E-state index contributed by atoms with van der Waals surface area (Å²) in [5.74, 6) is 1.82. The van der Waals surface area contributed by atoms with Crippen LogP contribution in [0.15, 0.2) is 4.52 Å². The van der Waals surface area contributed by atoms with Gasteiger partial charge in [0.1, 0.15) is 6.10 Å². The van der Waals surface area contributed by atoms with E-state index in [0.717, 1.165) is 45.1 Å². The van der Waals surface area contributed by atoms with E-state index >= 15 is 0 Å². The van der Waals surface area contributed by atoms with Gasteiger partial charge in [0.25, 0.3) is 0 Å². The Bertz CT molecular complexity index is 429. The van der Waals surface area contributed by atoms with Crippen LogP contribution in [0.4, 0.5) is 0 Å². The van der Waals surface area contributed by atoms with Gasteiger partial charge in [-0.05, 0) is 33.2 Å². The van der Waals surface area contributed by atoms with Gasteiger partial charge in [-0.1, -0.05) is 5.16 Å². The van der Waals surface area contributed by atoms with Crippen LogP contribution >= 0.6 is 0 Å². The van der Waals surface area contributed by atoms with Crippen molar-refractivity contribution in [3.63, 3.8) is 0 Å². The molecule has 1 aromatic rings. The molecule has 6 heteroatoms. The Morgan fingerprint density at radius 1 is 1.40 bits per heavy atom. The maximum absolute atomic E-state index is 5.80. The second-order valence-electron chi connectivity index (χ2n) is 5.98. The zero-order valence-electron chi connectivity index (χ0n) is 12.3. The number of hydrogen-bond acceptors (Lipinski definition) is 6. The number of hydrogen-bond donors (Lipinski definition) is 1. The Balaban J connectivity index is 1.66. The molecular weight excluding hydrogens is 256 g/mol. The first kappa shape index (κ1) is 14.0. The van der Waals surface area contributed by atoms with Crippen molar-refractivity contribution in [1.29, 1.82) is 0 Å². The van der Waals surface area contributed by atoms with Gasteiger partial charge < -0.3 is 14.6 Å². The zero-order valence-corrected chi connectivity index (χ0v) is 12.3. The van der Waals surface area contributed by atoms with E-state index < -0.39 is 0 Å². The molecule has 3 rings (SSSR count). The maximum atomic E-state index is 5.80. The highest BCUT2D eigenvalue weighted by molar-refractivity contribution is 5.00. The van der Waals surface area contributed by atoms with Gasteiger partial charge in [-0.3, -0.25) is 4.90 Å². The smallest absolute Gasteiger partial charge is 0.231 e. The van der Waals surface area contributed by atoms with E-state index in [2.05, 4.69) is 34.2 Å². The molecule has 2 aliphatic heterocycles. The number of aromatic nitrogens is 2. The quantitative estimate of drug-likeness (QED) is 0.901. The average Bonchev–Trinajstić information content (AvgIpc) is 2.98. The Hall–Kier alpha value is -0.980. The second-order valence-corrected chi connectivity index (χ2v) is 5.98. The summed E-state index contributed by atoms with van der Waals surface area (Å²) in [5.41, 5.74) is 0. The van der Waals surface area contributed by atoms with E-state index in [9.17, 15) is 0 Å². The summed E-state index contributed by atoms with van der Waals surface area (Å²) in [4.78, 5) is 6.98. The summed E-state index contributed by atoms with van der Waals surface area (Å²) in [5, 5.41) is 7.52. The van der Waals surface area contributed by atoms with Crippen LogP contribution < -0.4 is 5.32 Å². The molecule has 3 heterocycles. The van der Waals surface area contributed by atoms with Gasteiger partial charge in [-0.15, -0.1) is 0 Å². The fourth-order valence-corrected chi connectivity index (χ4v) is 2.90. The average molecular weight is 280 g/mol. The van der Waals surface area contributed by atoms with Crippen LogP contribution in [-0.4, -0.2) is 53.9 Å². The minimum absolute atomic E-state index is 0.0554. The summed E-state index contributed by atoms with van der Waals surface area (Å²) >= 11 is 0. The third kappa shape index (κ3) is 3.02. The lowest BCUT2D eigenvalue weighted by atomic mass is 10.00. The third-order valence-corrected chi connectivity index (χ3v) is 4.22. The highest BCUT2D eigenvalue weighted by Gasteiger charge is 2.29. The molecular formula is C14H24N4O2. The molecule has 0 aliphatic carbocycles. The maximum Gasteiger partial charge on any atom is 0.231 e. The molecule has 6 nitrogen and oxygen atoms in total. The fraction of sp³-hybridized carbons (Fsp3) is 0.857. The molecule has 2 saturated heterocycles. The van der Waals surface area contributed by atoms with E-state index in [1.807, 2.05) is 0 Å². The van der Waals surface area contributed by atoms with Crippen molar-refractivity contribution in [2.45, 2.75) is 44.8 Å². The van der Waals surface area contributed by atoms with Crippen LogP contribution in [-0.2, 0) is 4.74 Å². The van der Waals surface area contributed by atoms with Gasteiger partial charge in [0, 0.05) is 25.7 Å². The first-order valence-electron chi connectivity index (χ1n) is 7.64. The van der Waals surface area contributed by atoms with Crippen molar-refractivity contribution >= 4 is 0 Å². The molecule has 20 heavy (non-hydrogen) atoms. The fourth-order valence-electron chi connectivity index (χ4n) is 2.90. The van der Waals surface area contributed by atoms with Crippen LogP contribution in [0.5, 0.6) is 0 Å². The molecule has 1 unspecified atom stereocenters. The molecule has 0 radical (unpaired) electrons. The lowest BCUT2D eigenvalue weighted by Crippen LogP contribution is -2.42. The normalized spacial score (nSPS) is 28.9. The van der Waals surface area contributed by atoms with Gasteiger partial charge in [-0.2, -0.15) is 4.98 Å². The van der Waals surface area contributed by atoms with Crippen molar-refractivity contribution in [2.24, 2.45) is 0 Å². The summed E-state index contributed by atoms with van der Waals surface area (Å²) in [6.07, 6.45) is 2.24. The van der Waals surface area contributed by atoms with Crippen LogP contribution in [0.1, 0.15) is 50.4 Å². The Labute approximate surface area is 119 Å². The van der Waals surface area contributed by atoms with Gasteiger partial charge in [-0.25, -0.2) is 0 Å². The predicted molar refractivity (Wildman–Crippen MR) is 74.5 cm³/mol. The van der Waals surface area contributed by atoms with Crippen molar-refractivity contribution in [3.05, 3.63) is 11.7 Å². The van der Waals surface area contributed by atoms with Crippen molar-refractivity contribution in [3.8, 4) is 0 Å². The molecule has 2 aliphatic rings. The number of piperidine rings is 1. The molecule has 0 amide bonds. The van der Waals surface area contributed by atoms with Crippen LogP contribution in [0.25, 0.3) is 0 Å². The van der Waals surface area contributed by atoms with Gasteiger partial charge in [0.2, 0.25) is 11.7 Å². The monoisotopic (exact) mass is 280 g/mol.